The van der Waals surface area contributed by atoms with Gasteiger partial charge >= 0.3 is 0 Å². The molecule has 1 heterocycles. The summed E-state index contributed by atoms with van der Waals surface area (Å²) in [5, 5.41) is 6.47. The maximum Gasteiger partial charge on any atom is 0.191 e. The molecule has 3 rings (SSSR count). The van der Waals surface area contributed by atoms with Crippen LogP contribution in [0, 0.1) is 11.7 Å². The van der Waals surface area contributed by atoms with E-state index in [4.69, 9.17) is 4.74 Å². The number of nitrogens with zero attached hydrogens (tertiary/aromatic N) is 2. The third-order valence-electron chi connectivity index (χ3n) is 4.37. The molecule has 1 saturated carbocycles. The van der Waals surface area contributed by atoms with E-state index in [1.165, 1.54) is 18.9 Å². The van der Waals surface area contributed by atoms with Crippen LogP contribution in [-0.4, -0.2) is 24.6 Å². The number of hydrogen-bond donors (Lipinski definition) is 2. The molecule has 1 atom stereocenters. The van der Waals surface area contributed by atoms with Crippen molar-refractivity contribution in [3.63, 3.8) is 0 Å². The number of hydrogen-bond acceptors (Lipinski definition) is 3. The van der Waals surface area contributed by atoms with Gasteiger partial charge in [-0.05, 0) is 55.5 Å². The summed E-state index contributed by atoms with van der Waals surface area (Å²) in [6, 6.07) is 10.8. The van der Waals surface area contributed by atoms with Crippen LogP contribution in [0.5, 0.6) is 5.75 Å². The van der Waals surface area contributed by atoms with Crippen LogP contribution < -0.4 is 15.4 Å². The Kier molecular flexibility index (Phi) is 6.04. The largest absolute Gasteiger partial charge is 0.490 e. The Labute approximate surface area is 153 Å². The highest BCUT2D eigenvalue weighted by molar-refractivity contribution is 5.80. The first-order valence-electron chi connectivity index (χ1n) is 8.95. The zero-order valence-electron chi connectivity index (χ0n) is 15.2. The molecule has 1 unspecified atom stereocenters. The standard InChI is InChI=1S/C20H25FN4O/c1-14(25-20(22-2)24-12-17-5-3-4-10-23-17)16-8-9-19(18(21)11-16)26-13-15-6-7-15/h3-5,8-11,14-15H,6-7,12-13H2,1-2H3,(H2,22,24,25). The van der Waals surface area contributed by atoms with E-state index in [0.717, 1.165) is 11.3 Å². The van der Waals surface area contributed by atoms with Crippen molar-refractivity contribution in [2.24, 2.45) is 10.9 Å². The summed E-state index contributed by atoms with van der Waals surface area (Å²) < 4.78 is 19.8. The van der Waals surface area contributed by atoms with Crippen LogP contribution in [0.15, 0.2) is 47.6 Å². The minimum Gasteiger partial charge on any atom is -0.490 e. The molecule has 1 fully saturated rings. The minimum absolute atomic E-state index is 0.100. The fourth-order valence-corrected chi connectivity index (χ4v) is 2.56. The fourth-order valence-electron chi connectivity index (χ4n) is 2.56. The van der Waals surface area contributed by atoms with Crippen LogP contribution >= 0.6 is 0 Å². The lowest BCUT2D eigenvalue weighted by Gasteiger charge is -2.19. The summed E-state index contributed by atoms with van der Waals surface area (Å²) in [7, 11) is 1.70. The van der Waals surface area contributed by atoms with Gasteiger partial charge in [-0.2, -0.15) is 0 Å². The first kappa shape index (κ1) is 18.2. The highest BCUT2D eigenvalue weighted by Crippen LogP contribution is 2.30. The van der Waals surface area contributed by atoms with E-state index in [9.17, 15) is 4.39 Å². The second-order valence-electron chi connectivity index (χ2n) is 6.56. The Morgan fingerprint density at radius 2 is 2.19 bits per heavy atom. The predicted octanol–water partition coefficient (Wildman–Crippen LogP) is 3.44. The summed E-state index contributed by atoms with van der Waals surface area (Å²) >= 11 is 0. The van der Waals surface area contributed by atoms with Crippen molar-refractivity contribution in [3.8, 4) is 5.75 Å². The molecule has 0 saturated heterocycles. The molecule has 26 heavy (non-hydrogen) atoms. The monoisotopic (exact) mass is 356 g/mol. The molecule has 0 bridgehead atoms. The highest BCUT2D eigenvalue weighted by Gasteiger charge is 2.22. The van der Waals surface area contributed by atoms with Crippen molar-refractivity contribution < 1.29 is 9.13 Å². The zero-order chi connectivity index (χ0) is 18.4. The molecule has 2 aromatic rings. The van der Waals surface area contributed by atoms with E-state index in [-0.39, 0.29) is 11.9 Å². The van der Waals surface area contributed by atoms with E-state index in [2.05, 4.69) is 20.6 Å². The number of ether oxygens (including phenoxy) is 1. The normalized spacial score (nSPS) is 15.4. The van der Waals surface area contributed by atoms with Crippen LogP contribution in [0.1, 0.15) is 37.1 Å². The van der Waals surface area contributed by atoms with Gasteiger partial charge in [0.05, 0.1) is 24.9 Å². The van der Waals surface area contributed by atoms with Crippen LogP contribution in [-0.2, 0) is 6.54 Å². The smallest absolute Gasteiger partial charge is 0.191 e. The van der Waals surface area contributed by atoms with Gasteiger partial charge < -0.3 is 15.4 Å². The molecule has 1 aliphatic carbocycles. The lowest BCUT2D eigenvalue weighted by atomic mass is 10.1. The average Bonchev–Trinajstić information content (AvgIpc) is 3.49. The second-order valence-corrected chi connectivity index (χ2v) is 6.56. The number of guanidine groups is 1. The van der Waals surface area contributed by atoms with E-state index in [0.29, 0.717) is 30.8 Å². The molecule has 0 aliphatic heterocycles. The van der Waals surface area contributed by atoms with Crippen molar-refractivity contribution in [1.82, 2.24) is 15.6 Å². The predicted molar refractivity (Wildman–Crippen MR) is 101 cm³/mol. The number of aromatic nitrogens is 1. The number of rotatable bonds is 7. The fraction of sp³-hybridized carbons (Fsp3) is 0.400. The van der Waals surface area contributed by atoms with Crippen molar-refractivity contribution >= 4 is 5.96 Å². The second kappa shape index (κ2) is 8.65. The molecule has 0 spiro atoms. The van der Waals surface area contributed by atoms with Crippen LogP contribution in [0.2, 0.25) is 0 Å². The molecular formula is C20H25FN4O. The summed E-state index contributed by atoms with van der Waals surface area (Å²) in [5.41, 5.74) is 1.76. The highest BCUT2D eigenvalue weighted by atomic mass is 19.1. The van der Waals surface area contributed by atoms with Crippen molar-refractivity contribution in [2.75, 3.05) is 13.7 Å². The molecule has 138 valence electrons. The van der Waals surface area contributed by atoms with Gasteiger partial charge in [-0.3, -0.25) is 9.98 Å². The Bertz CT molecular complexity index is 747. The van der Waals surface area contributed by atoms with Crippen LogP contribution in [0.3, 0.4) is 0 Å². The Morgan fingerprint density at radius 3 is 2.85 bits per heavy atom. The van der Waals surface area contributed by atoms with Gasteiger partial charge in [0.15, 0.2) is 17.5 Å². The van der Waals surface area contributed by atoms with Gasteiger partial charge in [-0.1, -0.05) is 12.1 Å². The maximum atomic E-state index is 14.3. The third kappa shape index (κ3) is 5.18. The summed E-state index contributed by atoms with van der Waals surface area (Å²) in [5.74, 6) is 1.24. The summed E-state index contributed by atoms with van der Waals surface area (Å²) in [6.07, 6.45) is 4.13. The van der Waals surface area contributed by atoms with Crippen molar-refractivity contribution in [2.45, 2.75) is 32.4 Å². The topological polar surface area (TPSA) is 58.5 Å². The maximum absolute atomic E-state index is 14.3. The zero-order valence-corrected chi connectivity index (χ0v) is 15.2. The van der Waals surface area contributed by atoms with Gasteiger partial charge in [-0.15, -0.1) is 0 Å². The van der Waals surface area contributed by atoms with Gasteiger partial charge in [0.25, 0.3) is 0 Å². The molecular weight excluding hydrogens is 331 g/mol. The molecule has 2 N–H and O–H groups in total. The van der Waals surface area contributed by atoms with Crippen molar-refractivity contribution in [3.05, 3.63) is 59.7 Å². The van der Waals surface area contributed by atoms with E-state index in [1.54, 1.807) is 19.3 Å². The molecule has 5 nitrogen and oxygen atoms in total. The lowest BCUT2D eigenvalue weighted by Crippen LogP contribution is -2.38. The first-order chi connectivity index (χ1) is 12.7. The lowest BCUT2D eigenvalue weighted by molar-refractivity contribution is 0.285. The molecule has 6 heteroatoms. The Morgan fingerprint density at radius 1 is 1.35 bits per heavy atom. The minimum atomic E-state index is -0.326. The molecule has 1 aromatic carbocycles. The molecule has 1 aliphatic rings. The van der Waals surface area contributed by atoms with E-state index < -0.39 is 0 Å². The van der Waals surface area contributed by atoms with Gasteiger partial charge in [0.1, 0.15) is 0 Å². The Hall–Kier alpha value is -2.63. The van der Waals surface area contributed by atoms with E-state index >= 15 is 0 Å². The quantitative estimate of drug-likeness (QED) is 0.589. The number of pyridine rings is 1. The van der Waals surface area contributed by atoms with Crippen molar-refractivity contribution in [1.29, 1.82) is 0 Å². The molecule has 0 radical (unpaired) electrons. The SMILES string of the molecule is CN=C(NCc1ccccn1)NC(C)c1ccc(OCC2CC2)c(F)c1. The number of nitrogens with one attached hydrogen (secondary N) is 2. The molecule has 1 aromatic heterocycles. The number of halogens is 1. The van der Waals surface area contributed by atoms with Gasteiger partial charge in [-0.25, -0.2) is 4.39 Å². The summed E-state index contributed by atoms with van der Waals surface area (Å²) in [6.45, 7) is 3.14. The van der Waals surface area contributed by atoms with E-state index in [1.807, 2.05) is 31.2 Å². The van der Waals surface area contributed by atoms with Gasteiger partial charge in [0.2, 0.25) is 0 Å². The van der Waals surface area contributed by atoms with Gasteiger partial charge in [0, 0.05) is 13.2 Å². The van der Waals surface area contributed by atoms with Crippen LogP contribution in [0.25, 0.3) is 0 Å². The average molecular weight is 356 g/mol. The Balaban J connectivity index is 1.55. The van der Waals surface area contributed by atoms with Crippen LogP contribution in [0.4, 0.5) is 4.39 Å². The summed E-state index contributed by atoms with van der Waals surface area (Å²) in [4.78, 5) is 8.48. The third-order valence-corrected chi connectivity index (χ3v) is 4.37. The number of aliphatic imine (C=N–C) groups is 1. The molecule has 0 amide bonds. The first-order valence-corrected chi connectivity index (χ1v) is 8.95. The number of benzene rings is 1.